The van der Waals surface area contributed by atoms with Crippen LogP contribution in [0.2, 0.25) is 5.02 Å². The molecule has 1 aromatic heterocycles. The van der Waals surface area contributed by atoms with E-state index in [1.165, 1.54) is 6.92 Å². The summed E-state index contributed by atoms with van der Waals surface area (Å²) >= 11 is 6.23. The lowest BCUT2D eigenvalue weighted by molar-refractivity contribution is 0.0948. The predicted molar refractivity (Wildman–Crippen MR) is 98.8 cm³/mol. The zero-order chi connectivity index (χ0) is 18.8. The molecule has 2 aromatic rings. The molecule has 0 fully saturated rings. The quantitative estimate of drug-likeness (QED) is 0.785. The number of amides is 1. The minimum atomic E-state index is -0.234. The number of ether oxygens (including phenoxy) is 2. The highest BCUT2D eigenvalue weighted by Crippen LogP contribution is 2.38. The van der Waals surface area contributed by atoms with E-state index in [0.717, 1.165) is 5.56 Å². The average molecular weight is 377 g/mol. The molecule has 0 spiro atoms. The van der Waals surface area contributed by atoms with Crippen LogP contribution in [-0.2, 0) is 6.42 Å². The number of aromatic amines is 1. The molecule has 1 aliphatic heterocycles. The van der Waals surface area contributed by atoms with Gasteiger partial charge in [0.15, 0.2) is 17.3 Å². The molecule has 1 amide bonds. The number of hydrogen-bond acceptors (Lipinski definition) is 4. The van der Waals surface area contributed by atoms with E-state index in [1.54, 1.807) is 13.8 Å². The summed E-state index contributed by atoms with van der Waals surface area (Å²) in [5.41, 5.74) is 3.33. The standard InChI is InChI=1S/C19H21ClN2O4/c1-10-16(12(3)23)11(2)22-17(10)19(24)21-5-4-13-8-14(20)18-15(9-13)25-6-7-26-18/h8-9,22H,4-7H2,1-3H3,(H,21,24). The van der Waals surface area contributed by atoms with Crippen LogP contribution in [0, 0.1) is 13.8 Å². The van der Waals surface area contributed by atoms with Gasteiger partial charge in [-0.15, -0.1) is 0 Å². The van der Waals surface area contributed by atoms with Crippen molar-refractivity contribution in [1.29, 1.82) is 0 Å². The second-order valence-corrected chi connectivity index (χ2v) is 6.70. The fourth-order valence-electron chi connectivity index (χ4n) is 3.22. The van der Waals surface area contributed by atoms with E-state index in [0.29, 0.717) is 65.2 Å². The van der Waals surface area contributed by atoms with E-state index in [1.807, 2.05) is 12.1 Å². The van der Waals surface area contributed by atoms with E-state index >= 15 is 0 Å². The fraction of sp³-hybridized carbons (Fsp3) is 0.368. The van der Waals surface area contributed by atoms with Gasteiger partial charge in [0.1, 0.15) is 18.9 Å². The highest BCUT2D eigenvalue weighted by Gasteiger charge is 2.20. The molecule has 0 radical (unpaired) electrons. The number of halogens is 1. The molecule has 2 heterocycles. The second-order valence-electron chi connectivity index (χ2n) is 6.29. The molecule has 0 aliphatic carbocycles. The Balaban J connectivity index is 1.65. The number of H-pyrrole nitrogens is 1. The second kappa shape index (κ2) is 7.41. The zero-order valence-corrected chi connectivity index (χ0v) is 15.8. The van der Waals surface area contributed by atoms with Gasteiger partial charge in [-0.3, -0.25) is 9.59 Å². The smallest absolute Gasteiger partial charge is 0.268 e. The molecule has 6 nitrogen and oxygen atoms in total. The Bertz CT molecular complexity index is 873. The van der Waals surface area contributed by atoms with E-state index in [-0.39, 0.29) is 11.7 Å². The summed E-state index contributed by atoms with van der Waals surface area (Å²) in [5.74, 6) is 0.912. The third-order valence-electron chi connectivity index (χ3n) is 4.37. The monoisotopic (exact) mass is 376 g/mol. The van der Waals surface area contributed by atoms with Crippen molar-refractivity contribution >= 4 is 23.3 Å². The number of nitrogens with one attached hydrogen (secondary N) is 2. The Morgan fingerprint density at radius 1 is 1.23 bits per heavy atom. The summed E-state index contributed by atoms with van der Waals surface area (Å²) in [7, 11) is 0. The summed E-state index contributed by atoms with van der Waals surface area (Å²) in [6.07, 6.45) is 0.598. The number of rotatable bonds is 5. The molecule has 1 aromatic carbocycles. The largest absolute Gasteiger partial charge is 0.486 e. The first-order chi connectivity index (χ1) is 12.4. The highest BCUT2D eigenvalue weighted by molar-refractivity contribution is 6.32. The zero-order valence-electron chi connectivity index (χ0n) is 15.0. The molecule has 3 rings (SSSR count). The number of aromatic nitrogens is 1. The molecular weight excluding hydrogens is 356 g/mol. The van der Waals surface area contributed by atoms with Gasteiger partial charge in [0.25, 0.3) is 5.91 Å². The predicted octanol–water partition coefficient (Wildman–Crippen LogP) is 3.23. The maximum absolute atomic E-state index is 12.4. The SMILES string of the molecule is CC(=O)c1c(C)[nH]c(C(=O)NCCc2cc(Cl)c3c(c2)OCCO3)c1C. The molecular formula is C19H21ClN2O4. The molecule has 1 aliphatic rings. The fourth-order valence-corrected chi connectivity index (χ4v) is 3.51. The van der Waals surface area contributed by atoms with Gasteiger partial charge in [0.05, 0.1) is 5.02 Å². The van der Waals surface area contributed by atoms with E-state index in [9.17, 15) is 9.59 Å². The third-order valence-corrected chi connectivity index (χ3v) is 4.65. The third kappa shape index (κ3) is 3.55. The van der Waals surface area contributed by atoms with Crippen LogP contribution < -0.4 is 14.8 Å². The van der Waals surface area contributed by atoms with Crippen LogP contribution in [0.3, 0.4) is 0 Å². The van der Waals surface area contributed by atoms with E-state index in [2.05, 4.69) is 10.3 Å². The highest BCUT2D eigenvalue weighted by atomic mass is 35.5. The molecule has 26 heavy (non-hydrogen) atoms. The number of benzene rings is 1. The number of Topliss-reactive ketones (excluding diaryl/α,β-unsaturated/α-hetero) is 1. The maximum atomic E-state index is 12.4. The molecule has 0 unspecified atom stereocenters. The first-order valence-electron chi connectivity index (χ1n) is 8.44. The summed E-state index contributed by atoms with van der Waals surface area (Å²) in [4.78, 5) is 27.1. The van der Waals surface area contributed by atoms with Crippen LogP contribution in [0.15, 0.2) is 12.1 Å². The molecule has 0 saturated heterocycles. The first kappa shape index (κ1) is 18.3. The summed E-state index contributed by atoms with van der Waals surface area (Å²) in [6, 6.07) is 3.70. The number of fused-ring (bicyclic) bond motifs is 1. The maximum Gasteiger partial charge on any atom is 0.268 e. The number of ketones is 1. The number of carbonyl (C=O) groups is 2. The van der Waals surface area contributed by atoms with Gasteiger partial charge >= 0.3 is 0 Å². The van der Waals surface area contributed by atoms with E-state index in [4.69, 9.17) is 21.1 Å². The Labute approximate surface area is 156 Å². The van der Waals surface area contributed by atoms with Gasteiger partial charge < -0.3 is 19.8 Å². The lowest BCUT2D eigenvalue weighted by Crippen LogP contribution is -2.26. The summed E-state index contributed by atoms with van der Waals surface area (Å²) in [5, 5.41) is 3.38. The minimum absolute atomic E-state index is 0.0544. The summed E-state index contributed by atoms with van der Waals surface area (Å²) in [6.45, 7) is 6.47. The van der Waals surface area contributed by atoms with Gasteiger partial charge in [-0.1, -0.05) is 11.6 Å². The van der Waals surface area contributed by atoms with Crippen LogP contribution in [0.25, 0.3) is 0 Å². The molecule has 0 bridgehead atoms. The van der Waals surface area contributed by atoms with Gasteiger partial charge in [-0.05, 0) is 50.5 Å². The molecule has 0 atom stereocenters. The van der Waals surface area contributed by atoms with Gasteiger partial charge in [0.2, 0.25) is 0 Å². The van der Waals surface area contributed by atoms with Crippen molar-refractivity contribution in [2.45, 2.75) is 27.2 Å². The van der Waals surface area contributed by atoms with Gasteiger partial charge in [-0.25, -0.2) is 0 Å². The van der Waals surface area contributed by atoms with Crippen molar-refractivity contribution in [2.24, 2.45) is 0 Å². The van der Waals surface area contributed by atoms with Crippen LogP contribution in [0.5, 0.6) is 11.5 Å². The lowest BCUT2D eigenvalue weighted by atomic mass is 10.1. The van der Waals surface area contributed by atoms with E-state index < -0.39 is 0 Å². The van der Waals surface area contributed by atoms with Gasteiger partial charge in [-0.2, -0.15) is 0 Å². The van der Waals surface area contributed by atoms with Crippen LogP contribution in [0.1, 0.15) is 44.6 Å². The van der Waals surface area contributed by atoms with Crippen LogP contribution in [-0.4, -0.2) is 36.4 Å². The van der Waals surface area contributed by atoms with Crippen molar-refractivity contribution in [3.8, 4) is 11.5 Å². The van der Waals surface area contributed by atoms with Crippen molar-refractivity contribution in [1.82, 2.24) is 10.3 Å². The molecule has 0 saturated carbocycles. The number of hydrogen-bond donors (Lipinski definition) is 2. The van der Waals surface area contributed by atoms with Gasteiger partial charge in [0, 0.05) is 17.8 Å². The molecule has 7 heteroatoms. The van der Waals surface area contributed by atoms with Crippen molar-refractivity contribution in [3.63, 3.8) is 0 Å². The average Bonchev–Trinajstić information content (AvgIpc) is 2.89. The Morgan fingerprint density at radius 3 is 2.65 bits per heavy atom. The lowest BCUT2D eigenvalue weighted by Gasteiger charge is -2.20. The van der Waals surface area contributed by atoms with Crippen molar-refractivity contribution < 1.29 is 19.1 Å². The van der Waals surface area contributed by atoms with Crippen molar-refractivity contribution in [3.05, 3.63) is 45.2 Å². The van der Waals surface area contributed by atoms with Crippen molar-refractivity contribution in [2.75, 3.05) is 19.8 Å². The Kier molecular flexibility index (Phi) is 5.23. The number of carbonyl (C=O) groups excluding carboxylic acids is 2. The van der Waals surface area contributed by atoms with Crippen LogP contribution >= 0.6 is 11.6 Å². The minimum Gasteiger partial charge on any atom is -0.486 e. The molecule has 138 valence electrons. The Morgan fingerprint density at radius 2 is 1.96 bits per heavy atom. The first-order valence-corrected chi connectivity index (χ1v) is 8.82. The topological polar surface area (TPSA) is 80.4 Å². The summed E-state index contributed by atoms with van der Waals surface area (Å²) < 4.78 is 11.1. The van der Waals surface area contributed by atoms with Crippen LogP contribution in [0.4, 0.5) is 0 Å². The Hall–Kier alpha value is -2.47. The molecule has 2 N–H and O–H groups in total. The normalized spacial score (nSPS) is 12.8. The number of aryl methyl sites for hydroxylation is 1.